The van der Waals surface area contributed by atoms with Crippen molar-refractivity contribution in [2.75, 3.05) is 13.1 Å². The van der Waals surface area contributed by atoms with Crippen LogP contribution in [-0.2, 0) is 0 Å². The zero-order valence-electron chi connectivity index (χ0n) is 10.8. The van der Waals surface area contributed by atoms with Crippen LogP contribution in [0.4, 0.5) is 0 Å². The highest BCUT2D eigenvalue weighted by Gasteiger charge is 2.28. The van der Waals surface area contributed by atoms with E-state index in [0.29, 0.717) is 18.4 Å². The third kappa shape index (κ3) is 2.48. The van der Waals surface area contributed by atoms with Crippen molar-refractivity contribution in [2.45, 2.75) is 34.0 Å². The van der Waals surface area contributed by atoms with Crippen LogP contribution < -0.4 is 5.32 Å². The SMILES string of the molecule is [2H]C([2H])([2H])C1(C)CNC[C@@H](C(C)C)C1. The summed E-state index contributed by atoms with van der Waals surface area (Å²) in [5, 5.41) is 3.25. The maximum atomic E-state index is 7.55. The molecule has 1 heteroatoms. The van der Waals surface area contributed by atoms with Gasteiger partial charge in [0.25, 0.3) is 0 Å². The first-order valence-electron chi connectivity index (χ1n) is 5.97. The first-order valence-corrected chi connectivity index (χ1v) is 4.47. The molecule has 1 fully saturated rings. The first kappa shape index (κ1) is 5.58. The van der Waals surface area contributed by atoms with Crippen LogP contribution in [0.15, 0.2) is 0 Å². The maximum Gasteiger partial charge on any atom is 0.0236 e. The Morgan fingerprint density at radius 1 is 1.64 bits per heavy atom. The minimum absolute atomic E-state index is 0.495. The molecular formula is C10H21N. The van der Waals surface area contributed by atoms with Crippen LogP contribution in [0, 0.1) is 17.3 Å². The van der Waals surface area contributed by atoms with Crippen LogP contribution in [0.2, 0.25) is 0 Å². The van der Waals surface area contributed by atoms with Crippen molar-refractivity contribution < 1.29 is 4.11 Å². The van der Waals surface area contributed by atoms with E-state index in [-0.39, 0.29) is 0 Å². The fourth-order valence-corrected chi connectivity index (χ4v) is 1.73. The van der Waals surface area contributed by atoms with Gasteiger partial charge in [-0.15, -0.1) is 0 Å². The van der Waals surface area contributed by atoms with Gasteiger partial charge in [0.2, 0.25) is 0 Å². The summed E-state index contributed by atoms with van der Waals surface area (Å²) in [6, 6.07) is 0. The van der Waals surface area contributed by atoms with Crippen LogP contribution >= 0.6 is 0 Å². The highest BCUT2D eigenvalue weighted by atomic mass is 14.9. The van der Waals surface area contributed by atoms with E-state index < -0.39 is 12.3 Å². The molecule has 0 aliphatic carbocycles. The quantitative estimate of drug-likeness (QED) is 0.617. The predicted molar refractivity (Wildman–Crippen MR) is 49.6 cm³/mol. The largest absolute Gasteiger partial charge is 0.316 e. The molecule has 1 heterocycles. The van der Waals surface area contributed by atoms with Crippen molar-refractivity contribution in [3.8, 4) is 0 Å². The normalized spacial score (nSPS) is 44.7. The number of hydrogen-bond donors (Lipinski definition) is 1. The van der Waals surface area contributed by atoms with Gasteiger partial charge in [-0.3, -0.25) is 0 Å². The molecule has 1 aliphatic rings. The Hall–Kier alpha value is -0.0400. The standard InChI is InChI=1S/C10H21N/c1-8(2)9-5-10(3,4)7-11-6-9/h8-9,11H,5-7H2,1-4H3/t9-/m0/s1/i3D3/t9-,10?. The van der Waals surface area contributed by atoms with Crippen LogP contribution in [0.3, 0.4) is 0 Å². The second kappa shape index (κ2) is 3.14. The Labute approximate surface area is 74.8 Å². The van der Waals surface area contributed by atoms with E-state index in [0.717, 1.165) is 13.0 Å². The molecule has 1 saturated heterocycles. The Bertz CT molecular complexity index is 200. The molecule has 1 aliphatic heterocycles. The molecule has 0 aromatic rings. The van der Waals surface area contributed by atoms with Crippen molar-refractivity contribution in [3.05, 3.63) is 0 Å². The van der Waals surface area contributed by atoms with Crippen molar-refractivity contribution >= 4 is 0 Å². The van der Waals surface area contributed by atoms with E-state index in [1.54, 1.807) is 0 Å². The molecule has 1 nitrogen and oxygen atoms in total. The minimum atomic E-state index is -1.84. The molecule has 0 aromatic carbocycles. The topological polar surface area (TPSA) is 12.0 Å². The van der Waals surface area contributed by atoms with Gasteiger partial charge in [-0.05, 0) is 30.2 Å². The first-order chi connectivity index (χ1) is 6.26. The molecule has 1 N–H and O–H groups in total. The summed E-state index contributed by atoms with van der Waals surface area (Å²) in [5.41, 5.74) is -0.541. The molecule has 0 radical (unpaired) electrons. The Balaban J connectivity index is 2.72. The van der Waals surface area contributed by atoms with Gasteiger partial charge in [-0.25, -0.2) is 0 Å². The number of rotatable bonds is 1. The third-order valence-electron chi connectivity index (χ3n) is 2.58. The summed E-state index contributed by atoms with van der Waals surface area (Å²) in [5.74, 6) is 1.05. The van der Waals surface area contributed by atoms with Gasteiger partial charge in [-0.2, -0.15) is 0 Å². The molecular weight excluding hydrogens is 134 g/mol. The molecule has 1 unspecified atom stereocenters. The van der Waals surface area contributed by atoms with Gasteiger partial charge >= 0.3 is 0 Å². The lowest BCUT2D eigenvalue weighted by Crippen LogP contribution is -2.42. The van der Waals surface area contributed by atoms with Gasteiger partial charge in [0, 0.05) is 10.7 Å². The number of piperidine rings is 1. The van der Waals surface area contributed by atoms with Crippen LogP contribution in [0.25, 0.3) is 0 Å². The smallest absolute Gasteiger partial charge is 0.0236 e. The van der Waals surface area contributed by atoms with Gasteiger partial charge in [0.1, 0.15) is 0 Å². The molecule has 0 saturated carbocycles. The highest BCUT2D eigenvalue weighted by Crippen LogP contribution is 2.31. The molecule has 0 amide bonds. The second-order valence-electron chi connectivity index (χ2n) is 4.40. The number of hydrogen-bond acceptors (Lipinski definition) is 1. The van der Waals surface area contributed by atoms with Gasteiger partial charge in [0.05, 0.1) is 0 Å². The van der Waals surface area contributed by atoms with E-state index >= 15 is 0 Å². The molecule has 0 spiro atoms. The van der Waals surface area contributed by atoms with E-state index in [4.69, 9.17) is 4.11 Å². The fraction of sp³-hybridized carbons (Fsp3) is 1.00. The summed E-state index contributed by atoms with van der Waals surface area (Å²) >= 11 is 0. The highest BCUT2D eigenvalue weighted by molar-refractivity contribution is 4.83. The Kier molecular flexibility index (Phi) is 1.59. The van der Waals surface area contributed by atoms with Crippen molar-refractivity contribution in [1.29, 1.82) is 0 Å². The van der Waals surface area contributed by atoms with Crippen LogP contribution in [-0.4, -0.2) is 13.1 Å². The van der Waals surface area contributed by atoms with Gasteiger partial charge < -0.3 is 5.32 Å². The van der Waals surface area contributed by atoms with Crippen LogP contribution in [0.1, 0.15) is 38.2 Å². The summed E-state index contributed by atoms with van der Waals surface area (Å²) < 4.78 is 22.6. The lowest BCUT2D eigenvalue weighted by Gasteiger charge is -2.37. The van der Waals surface area contributed by atoms with E-state index in [1.807, 2.05) is 6.92 Å². The molecule has 0 bridgehead atoms. The predicted octanol–water partition coefficient (Wildman–Crippen LogP) is 2.28. The summed E-state index contributed by atoms with van der Waals surface area (Å²) in [6.45, 7) is 5.94. The second-order valence-corrected chi connectivity index (χ2v) is 4.40. The van der Waals surface area contributed by atoms with Crippen molar-refractivity contribution in [2.24, 2.45) is 17.3 Å². The summed E-state index contributed by atoms with van der Waals surface area (Å²) in [4.78, 5) is 0. The van der Waals surface area contributed by atoms with Gasteiger partial charge in [-0.1, -0.05) is 27.6 Å². The maximum absolute atomic E-state index is 7.55. The van der Waals surface area contributed by atoms with E-state index in [9.17, 15) is 0 Å². The zero-order chi connectivity index (χ0) is 11.0. The Morgan fingerprint density at radius 2 is 2.36 bits per heavy atom. The number of nitrogens with one attached hydrogen (secondary N) is 1. The lowest BCUT2D eigenvalue weighted by atomic mass is 9.75. The van der Waals surface area contributed by atoms with Crippen molar-refractivity contribution in [1.82, 2.24) is 5.32 Å². The molecule has 0 aromatic heterocycles. The van der Waals surface area contributed by atoms with E-state index in [1.165, 1.54) is 0 Å². The molecule has 66 valence electrons. The zero-order valence-corrected chi connectivity index (χ0v) is 7.78. The summed E-state index contributed by atoms with van der Waals surface area (Å²) in [6.07, 6.45) is 0.814. The molecule has 1 rings (SSSR count). The Morgan fingerprint density at radius 3 is 2.91 bits per heavy atom. The van der Waals surface area contributed by atoms with Gasteiger partial charge in [0.15, 0.2) is 0 Å². The third-order valence-corrected chi connectivity index (χ3v) is 2.58. The summed E-state index contributed by atoms with van der Waals surface area (Å²) in [7, 11) is 0. The molecule has 11 heavy (non-hydrogen) atoms. The molecule has 2 atom stereocenters. The fourth-order valence-electron chi connectivity index (χ4n) is 1.73. The van der Waals surface area contributed by atoms with Crippen LogP contribution in [0.5, 0.6) is 0 Å². The average molecular weight is 158 g/mol. The minimum Gasteiger partial charge on any atom is -0.316 e. The van der Waals surface area contributed by atoms with Crippen molar-refractivity contribution in [3.63, 3.8) is 0 Å². The average Bonchev–Trinajstić information content (AvgIpc) is 2.02. The monoisotopic (exact) mass is 158 g/mol. The van der Waals surface area contributed by atoms with E-state index in [2.05, 4.69) is 19.2 Å². The lowest BCUT2D eigenvalue weighted by molar-refractivity contribution is 0.165.